The molecule has 0 amide bonds. The number of alkyl halides is 2. The lowest BCUT2D eigenvalue weighted by molar-refractivity contribution is -0.168. The zero-order valence-electron chi connectivity index (χ0n) is 21.7. The SMILES string of the molecule is COCCOCCOc1cc2c(NCc3cc(N)cc(C(F)(F)C(C)(C)O)c3)nc(C)nc2cc1OC. The highest BCUT2D eigenvalue weighted by Gasteiger charge is 2.47. The summed E-state index contributed by atoms with van der Waals surface area (Å²) in [6, 6.07) is 7.59. The van der Waals surface area contributed by atoms with Crippen molar-refractivity contribution in [1.29, 1.82) is 0 Å². The minimum absolute atomic E-state index is 0.154. The summed E-state index contributed by atoms with van der Waals surface area (Å²) in [5, 5.41) is 13.8. The predicted octanol–water partition coefficient (Wildman–Crippen LogP) is 4.05. The highest BCUT2D eigenvalue weighted by molar-refractivity contribution is 5.91. The molecule has 0 bridgehead atoms. The van der Waals surface area contributed by atoms with Crippen molar-refractivity contribution in [2.75, 3.05) is 51.7 Å². The van der Waals surface area contributed by atoms with Gasteiger partial charge in [0.15, 0.2) is 11.5 Å². The summed E-state index contributed by atoms with van der Waals surface area (Å²) in [5.74, 6) is -1.51. The Bertz CT molecular complexity index is 1220. The number of nitrogens with two attached hydrogens (primary N) is 1. The van der Waals surface area contributed by atoms with E-state index in [4.69, 9.17) is 24.7 Å². The molecule has 0 spiro atoms. The first kappa shape index (κ1) is 28.3. The van der Waals surface area contributed by atoms with Crippen molar-refractivity contribution < 1.29 is 32.8 Å². The van der Waals surface area contributed by atoms with E-state index in [1.165, 1.54) is 19.2 Å². The van der Waals surface area contributed by atoms with E-state index in [2.05, 4.69) is 15.3 Å². The van der Waals surface area contributed by atoms with E-state index in [0.717, 1.165) is 13.8 Å². The lowest BCUT2D eigenvalue weighted by Gasteiger charge is -2.29. The predicted molar refractivity (Wildman–Crippen MR) is 137 cm³/mol. The van der Waals surface area contributed by atoms with Crippen LogP contribution in [0.15, 0.2) is 30.3 Å². The van der Waals surface area contributed by atoms with E-state index < -0.39 is 11.5 Å². The van der Waals surface area contributed by atoms with Gasteiger partial charge in [-0.05, 0) is 50.6 Å². The van der Waals surface area contributed by atoms with Crippen molar-refractivity contribution in [2.45, 2.75) is 38.8 Å². The van der Waals surface area contributed by atoms with Crippen LogP contribution in [-0.2, 0) is 21.9 Å². The molecule has 0 atom stereocenters. The average Bonchev–Trinajstić information content (AvgIpc) is 2.83. The van der Waals surface area contributed by atoms with Crippen LogP contribution < -0.4 is 20.5 Å². The number of nitrogen functional groups attached to an aromatic ring is 1. The van der Waals surface area contributed by atoms with Crippen LogP contribution in [-0.4, -0.2) is 61.3 Å². The first-order valence-electron chi connectivity index (χ1n) is 11.8. The van der Waals surface area contributed by atoms with Crippen LogP contribution >= 0.6 is 0 Å². The summed E-state index contributed by atoms with van der Waals surface area (Å²) < 4.78 is 51.3. The van der Waals surface area contributed by atoms with E-state index in [9.17, 15) is 13.9 Å². The smallest absolute Gasteiger partial charge is 0.300 e. The number of benzene rings is 2. The van der Waals surface area contributed by atoms with Crippen molar-refractivity contribution in [3.63, 3.8) is 0 Å². The van der Waals surface area contributed by atoms with Gasteiger partial charge in [-0.1, -0.05) is 0 Å². The maximum atomic E-state index is 14.8. The molecule has 0 saturated heterocycles. The van der Waals surface area contributed by atoms with Crippen molar-refractivity contribution in [3.8, 4) is 11.5 Å². The Morgan fingerprint density at radius 3 is 2.38 bits per heavy atom. The molecular formula is C26H34F2N4O5. The molecule has 0 aliphatic carbocycles. The van der Waals surface area contributed by atoms with E-state index >= 15 is 0 Å². The highest BCUT2D eigenvalue weighted by atomic mass is 19.3. The van der Waals surface area contributed by atoms with Crippen LogP contribution in [0, 0.1) is 6.92 Å². The number of fused-ring (bicyclic) bond motifs is 1. The van der Waals surface area contributed by atoms with Gasteiger partial charge in [0.2, 0.25) is 0 Å². The molecule has 4 N–H and O–H groups in total. The summed E-state index contributed by atoms with van der Waals surface area (Å²) >= 11 is 0. The van der Waals surface area contributed by atoms with Crippen LogP contribution in [0.5, 0.6) is 11.5 Å². The fourth-order valence-corrected chi connectivity index (χ4v) is 3.66. The molecule has 0 fully saturated rings. The molecule has 3 rings (SSSR count). The third-order valence-corrected chi connectivity index (χ3v) is 5.62. The summed E-state index contributed by atoms with van der Waals surface area (Å²) in [6.07, 6.45) is 0. The highest BCUT2D eigenvalue weighted by Crippen LogP contribution is 2.40. The topological polar surface area (TPSA) is 121 Å². The number of aryl methyl sites for hydroxylation is 1. The van der Waals surface area contributed by atoms with Crippen molar-refractivity contribution >= 4 is 22.4 Å². The van der Waals surface area contributed by atoms with Gasteiger partial charge in [-0.2, -0.15) is 8.78 Å². The Labute approximate surface area is 214 Å². The number of hydrogen-bond donors (Lipinski definition) is 3. The Morgan fingerprint density at radius 2 is 1.70 bits per heavy atom. The molecule has 1 heterocycles. The van der Waals surface area contributed by atoms with Gasteiger partial charge in [0, 0.05) is 36.4 Å². The van der Waals surface area contributed by atoms with Crippen LogP contribution in [0.3, 0.4) is 0 Å². The van der Waals surface area contributed by atoms with Crippen LogP contribution in [0.4, 0.5) is 20.3 Å². The zero-order chi connectivity index (χ0) is 27.2. The molecule has 0 aliphatic rings. The van der Waals surface area contributed by atoms with Gasteiger partial charge in [-0.25, -0.2) is 9.97 Å². The second-order valence-corrected chi connectivity index (χ2v) is 9.04. The van der Waals surface area contributed by atoms with Crippen molar-refractivity contribution in [2.24, 2.45) is 0 Å². The first-order valence-corrected chi connectivity index (χ1v) is 11.8. The molecule has 1 aromatic heterocycles. The number of anilines is 2. The van der Waals surface area contributed by atoms with Gasteiger partial charge in [0.25, 0.3) is 0 Å². The fraction of sp³-hybridized carbons (Fsp3) is 0.462. The van der Waals surface area contributed by atoms with Crippen LogP contribution in [0.1, 0.15) is 30.8 Å². The molecule has 9 nitrogen and oxygen atoms in total. The molecule has 3 aromatic rings. The number of nitrogens with one attached hydrogen (secondary N) is 1. The third kappa shape index (κ3) is 6.94. The number of aromatic nitrogens is 2. The molecule has 0 aliphatic heterocycles. The first-order chi connectivity index (χ1) is 17.5. The fourth-order valence-electron chi connectivity index (χ4n) is 3.66. The maximum absolute atomic E-state index is 14.8. The minimum Gasteiger partial charge on any atom is -0.493 e. The number of ether oxygens (including phenoxy) is 4. The second kappa shape index (κ2) is 11.8. The normalized spacial score (nSPS) is 12.1. The van der Waals surface area contributed by atoms with Crippen LogP contribution in [0.25, 0.3) is 10.9 Å². The molecule has 0 saturated carbocycles. The second-order valence-electron chi connectivity index (χ2n) is 9.04. The van der Waals surface area contributed by atoms with E-state index in [1.807, 2.05) is 0 Å². The van der Waals surface area contributed by atoms with Gasteiger partial charge in [-0.3, -0.25) is 0 Å². The largest absolute Gasteiger partial charge is 0.493 e. The Morgan fingerprint density at radius 1 is 0.973 bits per heavy atom. The molecule has 2 aromatic carbocycles. The molecular weight excluding hydrogens is 486 g/mol. The maximum Gasteiger partial charge on any atom is 0.300 e. The van der Waals surface area contributed by atoms with Crippen molar-refractivity contribution in [3.05, 3.63) is 47.3 Å². The lowest BCUT2D eigenvalue weighted by Crippen LogP contribution is -2.40. The third-order valence-electron chi connectivity index (χ3n) is 5.62. The molecule has 0 unspecified atom stereocenters. The summed E-state index contributed by atoms with van der Waals surface area (Å²) in [5.41, 5.74) is 4.57. The number of nitrogens with zero attached hydrogens (tertiary/aromatic N) is 2. The van der Waals surface area contributed by atoms with E-state index in [1.54, 1.807) is 32.2 Å². The van der Waals surface area contributed by atoms with E-state index in [0.29, 0.717) is 66.0 Å². The standard InChI is InChI=1S/C26H34F2N4O5/c1-16-31-21-14-22(35-5)23(37-9-8-36-7-6-34-4)13-20(21)24(32-16)30-15-17-10-18(12-19(29)11-17)26(27,28)25(2,3)33/h10-14,33H,6-9,15,29H2,1-5H3,(H,30,31,32). The van der Waals surface area contributed by atoms with E-state index in [-0.39, 0.29) is 17.8 Å². The quantitative estimate of drug-likeness (QED) is 0.226. The van der Waals surface area contributed by atoms with Crippen molar-refractivity contribution in [1.82, 2.24) is 9.97 Å². The summed E-state index contributed by atoms with van der Waals surface area (Å²) in [6.45, 7) is 5.64. The van der Waals surface area contributed by atoms with Gasteiger partial charge >= 0.3 is 5.92 Å². The molecule has 202 valence electrons. The van der Waals surface area contributed by atoms with Gasteiger partial charge in [-0.15, -0.1) is 0 Å². The monoisotopic (exact) mass is 520 g/mol. The summed E-state index contributed by atoms with van der Waals surface area (Å²) in [4.78, 5) is 8.99. The molecule has 11 heteroatoms. The molecule has 0 radical (unpaired) electrons. The summed E-state index contributed by atoms with van der Waals surface area (Å²) in [7, 11) is 3.14. The van der Waals surface area contributed by atoms with Gasteiger partial charge < -0.3 is 35.1 Å². The Kier molecular flexibility index (Phi) is 9.06. The Hall–Kier alpha value is -3.28. The zero-order valence-corrected chi connectivity index (χ0v) is 21.7. The molecule has 37 heavy (non-hydrogen) atoms. The number of aliphatic hydroxyl groups is 1. The van der Waals surface area contributed by atoms with Gasteiger partial charge in [0.05, 0.1) is 32.4 Å². The Balaban J connectivity index is 1.86. The van der Waals surface area contributed by atoms with Crippen LogP contribution in [0.2, 0.25) is 0 Å². The average molecular weight is 521 g/mol. The minimum atomic E-state index is -3.49. The van der Waals surface area contributed by atoms with Gasteiger partial charge in [0.1, 0.15) is 23.9 Å². The number of methoxy groups -OCH3 is 2. The number of halogens is 2. The number of hydrogen-bond acceptors (Lipinski definition) is 9. The lowest BCUT2D eigenvalue weighted by atomic mass is 9.92. The number of rotatable bonds is 13.